The van der Waals surface area contributed by atoms with Gasteiger partial charge in [-0.3, -0.25) is 0 Å². The van der Waals surface area contributed by atoms with Gasteiger partial charge in [-0.05, 0) is 0 Å². The second-order valence-corrected chi connectivity index (χ2v) is 9.21. The molecule has 0 saturated carbocycles. The molecule has 0 unspecified atom stereocenters. The van der Waals surface area contributed by atoms with Crippen LogP contribution < -0.4 is 5.81 Å². The number of aromatic nitrogens is 2. The van der Waals surface area contributed by atoms with Gasteiger partial charge in [-0.25, -0.2) is 0 Å². The Balaban J connectivity index is 1.79. The van der Waals surface area contributed by atoms with Crippen molar-refractivity contribution in [3.8, 4) is 28.3 Å². The summed E-state index contributed by atoms with van der Waals surface area (Å²) in [7, 11) is 0. The SMILES string of the molecule is c1ccc([O][Pb][c]2c(-c3ccccn3)cccc2-c2ccccn2)cc1. The van der Waals surface area contributed by atoms with Crippen molar-refractivity contribution < 1.29 is 2.69 Å². The number of pyridine rings is 2. The van der Waals surface area contributed by atoms with Crippen LogP contribution in [-0.2, 0) is 0 Å². The third-order valence-corrected chi connectivity index (χ3v) is 8.16. The van der Waals surface area contributed by atoms with Crippen molar-refractivity contribution in [3.63, 3.8) is 0 Å². The normalized spacial score (nSPS) is 10.5. The maximum atomic E-state index is 6.26. The summed E-state index contributed by atoms with van der Waals surface area (Å²) in [5.74, 6) is 0.929. The van der Waals surface area contributed by atoms with Crippen LogP contribution in [0.15, 0.2) is 97.3 Å². The number of benzene rings is 2. The number of hydrogen-bond donors (Lipinski definition) is 0. The Morgan fingerprint density at radius 1 is 0.577 bits per heavy atom. The molecule has 0 amide bonds. The van der Waals surface area contributed by atoms with E-state index in [1.807, 2.05) is 79.1 Å². The fourth-order valence-corrected chi connectivity index (χ4v) is 6.61. The van der Waals surface area contributed by atoms with Gasteiger partial charge in [0.15, 0.2) is 0 Å². The first-order valence-electron chi connectivity index (χ1n) is 8.35. The monoisotopic (exact) mass is 532 g/mol. The maximum absolute atomic E-state index is 6.26. The summed E-state index contributed by atoms with van der Waals surface area (Å²) in [6, 6.07) is 28.4. The van der Waals surface area contributed by atoms with Crippen molar-refractivity contribution in [2.24, 2.45) is 0 Å². The summed E-state index contributed by atoms with van der Waals surface area (Å²) >= 11 is -1.63. The molecular weight excluding hydrogens is 515 g/mol. The molecule has 4 aromatic rings. The van der Waals surface area contributed by atoms with Crippen LogP contribution in [0.25, 0.3) is 22.5 Å². The van der Waals surface area contributed by atoms with Crippen molar-refractivity contribution >= 4 is 27.8 Å². The van der Waals surface area contributed by atoms with E-state index in [9.17, 15) is 0 Å². The molecule has 0 fully saturated rings. The van der Waals surface area contributed by atoms with E-state index in [1.54, 1.807) is 0 Å². The molecule has 2 radical (unpaired) electrons. The minimum atomic E-state index is -1.63. The van der Waals surface area contributed by atoms with E-state index in [1.165, 1.54) is 3.12 Å². The van der Waals surface area contributed by atoms with Crippen molar-refractivity contribution in [2.75, 3.05) is 0 Å². The number of para-hydroxylation sites is 1. The van der Waals surface area contributed by atoms with Gasteiger partial charge in [-0.2, -0.15) is 0 Å². The average molecular weight is 532 g/mol. The van der Waals surface area contributed by atoms with E-state index in [0.717, 1.165) is 28.3 Å². The van der Waals surface area contributed by atoms with E-state index in [4.69, 9.17) is 2.69 Å². The van der Waals surface area contributed by atoms with Crippen LogP contribution in [0.1, 0.15) is 0 Å². The van der Waals surface area contributed by atoms with Crippen LogP contribution in [0.3, 0.4) is 0 Å². The summed E-state index contributed by atoms with van der Waals surface area (Å²) in [5.41, 5.74) is 4.25. The Kier molecular flexibility index (Phi) is 5.35. The third kappa shape index (κ3) is 3.83. The molecule has 4 rings (SSSR count). The van der Waals surface area contributed by atoms with E-state index < -0.39 is 24.7 Å². The summed E-state index contributed by atoms with van der Waals surface area (Å²) in [6.07, 6.45) is 3.66. The van der Waals surface area contributed by atoms with E-state index in [-0.39, 0.29) is 0 Å². The van der Waals surface area contributed by atoms with Gasteiger partial charge in [-0.15, -0.1) is 0 Å². The second kappa shape index (κ2) is 8.23. The van der Waals surface area contributed by atoms with Crippen LogP contribution >= 0.6 is 0 Å². The molecule has 0 N–H and O–H groups in total. The Labute approximate surface area is 165 Å². The Morgan fingerprint density at radius 2 is 1.15 bits per heavy atom. The molecule has 0 atom stereocenters. The molecular formula is C22H16N2OPb. The Bertz CT molecular complexity index is 919. The molecule has 2 aromatic heterocycles. The first-order chi connectivity index (χ1) is 12.9. The fourth-order valence-electron chi connectivity index (χ4n) is 2.73. The first-order valence-corrected chi connectivity index (χ1v) is 11.9. The molecule has 2 aromatic carbocycles. The van der Waals surface area contributed by atoms with Crippen molar-refractivity contribution in [1.29, 1.82) is 0 Å². The summed E-state index contributed by atoms with van der Waals surface area (Å²) in [6.45, 7) is 0. The van der Waals surface area contributed by atoms with Gasteiger partial charge in [0.1, 0.15) is 0 Å². The van der Waals surface area contributed by atoms with Gasteiger partial charge in [0.25, 0.3) is 0 Å². The summed E-state index contributed by atoms with van der Waals surface area (Å²) in [4.78, 5) is 9.11. The summed E-state index contributed by atoms with van der Waals surface area (Å²) < 4.78 is 7.53. The number of hydrogen-bond acceptors (Lipinski definition) is 3. The third-order valence-electron chi connectivity index (χ3n) is 3.96. The first kappa shape index (κ1) is 16.9. The molecule has 0 aliphatic heterocycles. The van der Waals surface area contributed by atoms with Crippen molar-refractivity contribution in [1.82, 2.24) is 9.97 Å². The van der Waals surface area contributed by atoms with E-state index in [2.05, 4.69) is 28.2 Å². The topological polar surface area (TPSA) is 35.0 Å². The van der Waals surface area contributed by atoms with Gasteiger partial charge < -0.3 is 0 Å². The molecule has 0 aliphatic carbocycles. The van der Waals surface area contributed by atoms with Gasteiger partial charge >= 0.3 is 166 Å². The predicted octanol–water partition coefficient (Wildman–Crippen LogP) is 4.13. The quantitative estimate of drug-likeness (QED) is 0.364. The van der Waals surface area contributed by atoms with Crippen LogP contribution in [-0.4, -0.2) is 34.7 Å². The van der Waals surface area contributed by atoms with Crippen LogP contribution in [0.2, 0.25) is 0 Å². The zero-order valence-corrected chi connectivity index (χ0v) is 17.9. The van der Waals surface area contributed by atoms with Crippen molar-refractivity contribution in [3.05, 3.63) is 97.3 Å². The van der Waals surface area contributed by atoms with Gasteiger partial charge in [0, 0.05) is 0 Å². The summed E-state index contributed by atoms with van der Waals surface area (Å²) in [5, 5.41) is 0. The molecule has 0 bridgehead atoms. The molecule has 124 valence electrons. The molecule has 26 heavy (non-hydrogen) atoms. The van der Waals surface area contributed by atoms with Crippen LogP contribution in [0.4, 0.5) is 0 Å². The fraction of sp³-hybridized carbons (Fsp3) is 0. The second-order valence-electron chi connectivity index (χ2n) is 5.68. The van der Waals surface area contributed by atoms with E-state index >= 15 is 0 Å². The Morgan fingerprint density at radius 3 is 1.69 bits per heavy atom. The van der Waals surface area contributed by atoms with Crippen LogP contribution in [0, 0.1) is 0 Å². The van der Waals surface area contributed by atoms with Gasteiger partial charge in [-0.1, -0.05) is 0 Å². The van der Waals surface area contributed by atoms with Crippen LogP contribution in [0.5, 0.6) is 5.75 Å². The van der Waals surface area contributed by atoms with Crippen molar-refractivity contribution in [2.45, 2.75) is 0 Å². The molecule has 0 spiro atoms. The zero-order chi connectivity index (χ0) is 17.6. The number of nitrogens with zero attached hydrogens (tertiary/aromatic N) is 2. The standard InChI is InChI=1S/C16H11N2.C6H6O.Pb/c1-3-10-17-15(8-1)13-6-5-7-14(12-13)16-9-2-4-11-18-16;7-6-4-2-1-3-5-6;/h1-11H;1-5,7H;/q;;+1/p-1. The predicted molar refractivity (Wildman–Crippen MR) is 105 cm³/mol. The van der Waals surface area contributed by atoms with Gasteiger partial charge in [0.05, 0.1) is 0 Å². The molecule has 0 aliphatic rings. The van der Waals surface area contributed by atoms with E-state index in [0.29, 0.717) is 0 Å². The molecule has 2 heterocycles. The zero-order valence-electron chi connectivity index (χ0n) is 14.0. The molecule has 3 nitrogen and oxygen atoms in total. The average Bonchev–Trinajstić information content (AvgIpc) is 2.74. The van der Waals surface area contributed by atoms with Gasteiger partial charge in [0.2, 0.25) is 0 Å². The minimum absolute atomic E-state index is 0.929. The Hall–Kier alpha value is -2.54. The molecule has 4 heteroatoms. The molecule has 0 saturated heterocycles. The number of rotatable bonds is 5.